The van der Waals surface area contributed by atoms with Gasteiger partial charge in [-0.1, -0.05) is 26.7 Å². The van der Waals surface area contributed by atoms with Crippen LogP contribution in [0.4, 0.5) is 0 Å². The minimum absolute atomic E-state index is 0.187. The molecule has 0 aromatic heterocycles. The summed E-state index contributed by atoms with van der Waals surface area (Å²) in [6.45, 7) is 4.52. The van der Waals surface area contributed by atoms with Crippen LogP contribution in [0.1, 0.15) is 58.8 Å². The Morgan fingerprint density at radius 1 is 1.27 bits per heavy atom. The summed E-state index contributed by atoms with van der Waals surface area (Å²) in [6, 6.07) is 0. The number of thioether (sulfide) groups is 1. The van der Waals surface area contributed by atoms with E-state index in [2.05, 4.69) is 13.8 Å². The first-order valence-corrected chi connectivity index (χ1v) is 7.72. The molecule has 1 nitrogen and oxygen atoms in total. The van der Waals surface area contributed by atoms with Gasteiger partial charge in [-0.3, -0.25) is 0 Å². The van der Waals surface area contributed by atoms with E-state index >= 15 is 0 Å². The number of rotatable bonds is 6. The van der Waals surface area contributed by atoms with Gasteiger partial charge in [-0.2, -0.15) is 11.8 Å². The van der Waals surface area contributed by atoms with Crippen molar-refractivity contribution in [3.8, 4) is 0 Å². The van der Waals surface area contributed by atoms with Gasteiger partial charge in [-0.05, 0) is 49.5 Å². The van der Waals surface area contributed by atoms with Gasteiger partial charge in [0.15, 0.2) is 0 Å². The molecule has 1 fully saturated rings. The molecule has 0 amide bonds. The molecule has 0 aliphatic heterocycles. The van der Waals surface area contributed by atoms with Gasteiger partial charge >= 0.3 is 0 Å². The normalized spacial score (nSPS) is 31.8. The first-order chi connectivity index (χ1) is 7.20. The first kappa shape index (κ1) is 13.4. The lowest BCUT2D eigenvalue weighted by Crippen LogP contribution is -2.43. The van der Waals surface area contributed by atoms with Crippen LogP contribution in [0.3, 0.4) is 0 Å². The van der Waals surface area contributed by atoms with Gasteiger partial charge in [0.2, 0.25) is 0 Å². The van der Waals surface area contributed by atoms with E-state index in [9.17, 15) is 0 Å². The van der Waals surface area contributed by atoms with Crippen LogP contribution in [0.5, 0.6) is 0 Å². The van der Waals surface area contributed by atoms with Crippen LogP contribution < -0.4 is 5.73 Å². The van der Waals surface area contributed by atoms with E-state index in [-0.39, 0.29) is 5.54 Å². The lowest BCUT2D eigenvalue weighted by Gasteiger charge is -2.37. The van der Waals surface area contributed by atoms with Gasteiger partial charge in [-0.15, -0.1) is 0 Å². The second-order valence-electron chi connectivity index (χ2n) is 5.04. The smallest absolute Gasteiger partial charge is 0.0162 e. The van der Waals surface area contributed by atoms with E-state index in [1.165, 1.54) is 56.5 Å². The maximum Gasteiger partial charge on any atom is 0.0162 e. The highest BCUT2D eigenvalue weighted by Crippen LogP contribution is 2.35. The van der Waals surface area contributed by atoms with E-state index < -0.39 is 0 Å². The van der Waals surface area contributed by atoms with E-state index in [0.29, 0.717) is 0 Å². The van der Waals surface area contributed by atoms with Crippen molar-refractivity contribution < 1.29 is 0 Å². The zero-order valence-electron chi connectivity index (χ0n) is 10.4. The fraction of sp³-hybridized carbons (Fsp3) is 1.00. The Balaban J connectivity index is 2.21. The molecule has 0 heterocycles. The van der Waals surface area contributed by atoms with E-state index in [4.69, 9.17) is 5.73 Å². The molecular weight excluding hydrogens is 202 g/mol. The molecule has 1 saturated carbocycles. The standard InChI is InChI=1S/C13H27NS/c1-3-5-12-6-8-13(14,9-7-12)10-11-15-4-2/h12H,3-11,14H2,1-2H3. The Bertz CT molecular complexity index is 162. The molecule has 0 unspecified atom stereocenters. The van der Waals surface area contributed by atoms with E-state index in [0.717, 1.165) is 5.92 Å². The molecule has 2 heteroatoms. The summed E-state index contributed by atoms with van der Waals surface area (Å²) in [7, 11) is 0. The van der Waals surface area contributed by atoms with Crippen molar-refractivity contribution >= 4 is 11.8 Å². The number of nitrogens with two attached hydrogens (primary N) is 1. The minimum Gasteiger partial charge on any atom is -0.325 e. The van der Waals surface area contributed by atoms with Gasteiger partial charge in [0.1, 0.15) is 0 Å². The Hall–Kier alpha value is 0.310. The van der Waals surface area contributed by atoms with Crippen molar-refractivity contribution in [2.75, 3.05) is 11.5 Å². The molecule has 90 valence electrons. The van der Waals surface area contributed by atoms with Gasteiger partial charge in [0.05, 0.1) is 0 Å². The Morgan fingerprint density at radius 2 is 1.93 bits per heavy atom. The van der Waals surface area contributed by atoms with Crippen molar-refractivity contribution in [3.63, 3.8) is 0 Å². The Kier molecular flexibility index (Phi) is 6.06. The summed E-state index contributed by atoms with van der Waals surface area (Å²) in [6.07, 6.45) is 9.27. The predicted molar refractivity (Wildman–Crippen MR) is 71.4 cm³/mol. The van der Waals surface area contributed by atoms with Gasteiger partial charge < -0.3 is 5.73 Å². The topological polar surface area (TPSA) is 26.0 Å². The summed E-state index contributed by atoms with van der Waals surface area (Å²) in [4.78, 5) is 0. The Labute approximate surface area is 99.6 Å². The second-order valence-corrected chi connectivity index (χ2v) is 6.44. The molecule has 0 spiro atoms. The highest BCUT2D eigenvalue weighted by atomic mass is 32.2. The molecule has 1 rings (SSSR count). The number of hydrogen-bond donors (Lipinski definition) is 1. The van der Waals surface area contributed by atoms with Crippen LogP contribution in [0.2, 0.25) is 0 Å². The third kappa shape index (κ3) is 4.78. The van der Waals surface area contributed by atoms with Crippen LogP contribution in [0.25, 0.3) is 0 Å². The average Bonchev–Trinajstić information content (AvgIpc) is 2.23. The third-order valence-electron chi connectivity index (χ3n) is 3.75. The highest BCUT2D eigenvalue weighted by molar-refractivity contribution is 7.99. The summed E-state index contributed by atoms with van der Waals surface area (Å²) < 4.78 is 0. The zero-order valence-corrected chi connectivity index (χ0v) is 11.2. The summed E-state index contributed by atoms with van der Waals surface area (Å²) in [5, 5.41) is 0. The van der Waals surface area contributed by atoms with E-state index in [1.807, 2.05) is 11.8 Å². The summed E-state index contributed by atoms with van der Waals surface area (Å²) in [5.41, 5.74) is 6.63. The molecule has 1 aliphatic rings. The lowest BCUT2D eigenvalue weighted by atomic mass is 9.74. The monoisotopic (exact) mass is 229 g/mol. The molecule has 0 bridgehead atoms. The van der Waals surface area contributed by atoms with Crippen LogP contribution in [-0.2, 0) is 0 Å². The summed E-state index contributed by atoms with van der Waals surface area (Å²) in [5.74, 6) is 3.46. The molecule has 2 N–H and O–H groups in total. The molecule has 15 heavy (non-hydrogen) atoms. The molecule has 0 saturated heterocycles. The van der Waals surface area contributed by atoms with Crippen LogP contribution in [0, 0.1) is 5.92 Å². The van der Waals surface area contributed by atoms with Crippen molar-refractivity contribution in [3.05, 3.63) is 0 Å². The molecule has 0 aromatic rings. The van der Waals surface area contributed by atoms with Gasteiger partial charge in [-0.25, -0.2) is 0 Å². The van der Waals surface area contributed by atoms with Crippen molar-refractivity contribution in [2.45, 2.75) is 64.3 Å². The minimum atomic E-state index is 0.187. The van der Waals surface area contributed by atoms with Crippen LogP contribution in [0.15, 0.2) is 0 Å². The first-order valence-electron chi connectivity index (χ1n) is 6.57. The predicted octanol–water partition coefficient (Wildman–Crippen LogP) is 3.82. The number of hydrogen-bond acceptors (Lipinski definition) is 2. The molecule has 1 aliphatic carbocycles. The van der Waals surface area contributed by atoms with Crippen molar-refractivity contribution in [1.29, 1.82) is 0 Å². The van der Waals surface area contributed by atoms with Crippen molar-refractivity contribution in [2.24, 2.45) is 11.7 Å². The van der Waals surface area contributed by atoms with Crippen LogP contribution in [-0.4, -0.2) is 17.0 Å². The highest BCUT2D eigenvalue weighted by Gasteiger charge is 2.30. The van der Waals surface area contributed by atoms with Gasteiger partial charge in [0.25, 0.3) is 0 Å². The maximum atomic E-state index is 6.44. The molecule has 0 atom stereocenters. The maximum absolute atomic E-state index is 6.44. The van der Waals surface area contributed by atoms with Crippen LogP contribution >= 0.6 is 11.8 Å². The molecule has 0 aromatic carbocycles. The fourth-order valence-electron chi connectivity index (χ4n) is 2.62. The van der Waals surface area contributed by atoms with Gasteiger partial charge in [0, 0.05) is 5.54 Å². The molecular formula is C13H27NS. The zero-order chi connectivity index (χ0) is 11.1. The van der Waals surface area contributed by atoms with Crippen molar-refractivity contribution in [1.82, 2.24) is 0 Å². The lowest BCUT2D eigenvalue weighted by molar-refractivity contribution is 0.220. The third-order valence-corrected chi connectivity index (χ3v) is 4.65. The quantitative estimate of drug-likeness (QED) is 0.701. The fourth-order valence-corrected chi connectivity index (χ4v) is 3.46. The summed E-state index contributed by atoms with van der Waals surface area (Å²) >= 11 is 2.03. The van der Waals surface area contributed by atoms with E-state index in [1.54, 1.807) is 0 Å². The average molecular weight is 229 g/mol. The second kappa shape index (κ2) is 6.80. The largest absolute Gasteiger partial charge is 0.325 e. The molecule has 0 radical (unpaired) electrons. The Morgan fingerprint density at radius 3 is 2.47 bits per heavy atom. The SMILES string of the molecule is CCCC1CCC(N)(CCSCC)CC1.